The quantitative estimate of drug-likeness (QED) is 0.263. The number of anilines is 1. The number of nitrogens with zero attached hydrogens (tertiary/aromatic N) is 3. The van der Waals surface area contributed by atoms with Gasteiger partial charge in [0, 0.05) is 24.8 Å². The lowest BCUT2D eigenvalue weighted by Gasteiger charge is -2.30. The van der Waals surface area contributed by atoms with Gasteiger partial charge < -0.3 is 14.2 Å². The fraction of sp³-hybridized carbons (Fsp3) is 0.269. The normalized spacial score (nSPS) is 24.0. The third kappa shape index (κ3) is 3.62. The van der Waals surface area contributed by atoms with Gasteiger partial charge in [-0.05, 0) is 42.5 Å². The Kier molecular flexibility index (Phi) is 5.79. The van der Waals surface area contributed by atoms with E-state index in [4.69, 9.17) is 14.2 Å². The highest BCUT2D eigenvalue weighted by Crippen LogP contribution is 2.48. The number of methoxy groups -OCH3 is 2. The summed E-state index contributed by atoms with van der Waals surface area (Å²) in [5, 5.41) is 5.89. The van der Waals surface area contributed by atoms with Crippen molar-refractivity contribution in [3.8, 4) is 17.2 Å². The standard InChI is InChI=1S/C26H23N3O7/c1-14(30)36-16-8-6-15(7-9-16)24(31)23-22-21(19-5-4-12-27-29(19)23)25(32)28(26(22)33)18-11-10-17(34-2)13-20(18)35-3/h4-13,19,21-23H,1-3H3/t19-,21-,22-,23+/m0/s1. The van der Waals surface area contributed by atoms with Crippen molar-refractivity contribution in [3.63, 3.8) is 0 Å². The molecular weight excluding hydrogens is 466 g/mol. The van der Waals surface area contributed by atoms with Crippen LogP contribution in [0.15, 0.2) is 59.7 Å². The molecular formula is C26H23N3O7. The minimum absolute atomic E-state index is 0.287. The van der Waals surface area contributed by atoms with Gasteiger partial charge in [0.2, 0.25) is 11.8 Å². The van der Waals surface area contributed by atoms with Crippen molar-refractivity contribution >= 4 is 35.5 Å². The molecule has 0 unspecified atom stereocenters. The molecule has 0 aliphatic carbocycles. The zero-order valence-corrected chi connectivity index (χ0v) is 19.8. The molecule has 0 radical (unpaired) electrons. The van der Waals surface area contributed by atoms with Gasteiger partial charge in [0.25, 0.3) is 0 Å². The lowest BCUT2D eigenvalue weighted by atomic mass is 9.86. The number of Topliss-reactive ketones (excluding diaryl/α,β-unsaturated/α-hetero) is 1. The minimum Gasteiger partial charge on any atom is -0.497 e. The van der Waals surface area contributed by atoms with E-state index in [0.29, 0.717) is 22.8 Å². The fourth-order valence-corrected chi connectivity index (χ4v) is 5.07. The summed E-state index contributed by atoms with van der Waals surface area (Å²) in [6, 6.07) is 9.33. The number of hydrogen-bond donors (Lipinski definition) is 0. The maximum absolute atomic E-state index is 13.8. The number of esters is 1. The van der Waals surface area contributed by atoms with Crippen molar-refractivity contribution in [3.05, 3.63) is 60.2 Å². The molecule has 10 heteroatoms. The van der Waals surface area contributed by atoms with Gasteiger partial charge >= 0.3 is 5.97 Å². The lowest BCUT2D eigenvalue weighted by molar-refractivity contribution is -0.132. The van der Waals surface area contributed by atoms with Gasteiger partial charge in [-0.25, -0.2) is 4.90 Å². The second-order valence-electron chi connectivity index (χ2n) is 8.55. The Morgan fingerprint density at radius 1 is 0.917 bits per heavy atom. The number of rotatable bonds is 6. The maximum Gasteiger partial charge on any atom is 0.308 e. The van der Waals surface area contributed by atoms with E-state index in [2.05, 4.69) is 5.10 Å². The van der Waals surface area contributed by atoms with Crippen LogP contribution in [0, 0.1) is 11.8 Å². The molecule has 3 heterocycles. The van der Waals surface area contributed by atoms with Crippen LogP contribution in [-0.2, 0) is 14.4 Å². The zero-order valence-electron chi connectivity index (χ0n) is 19.8. The van der Waals surface area contributed by atoms with Crippen LogP contribution < -0.4 is 19.1 Å². The number of hydrogen-bond acceptors (Lipinski definition) is 9. The van der Waals surface area contributed by atoms with E-state index < -0.39 is 41.7 Å². The number of carbonyl (C=O) groups excluding carboxylic acids is 4. The monoisotopic (exact) mass is 489 g/mol. The van der Waals surface area contributed by atoms with Crippen molar-refractivity contribution in [1.29, 1.82) is 0 Å². The first kappa shape index (κ1) is 23.3. The van der Waals surface area contributed by atoms with Crippen LogP contribution in [0.2, 0.25) is 0 Å². The average Bonchev–Trinajstić information content (AvgIpc) is 3.35. The smallest absolute Gasteiger partial charge is 0.308 e. The summed E-state index contributed by atoms with van der Waals surface area (Å²) in [6.07, 6.45) is 5.01. The van der Waals surface area contributed by atoms with Crippen LogP contribution >= 0.6 is 0 Å². The molecule has 3 aliphatic heterocycles. The van der Waals surface area contributed by atoms with Gasteiger partial charge in [-0.3, -0.25) is 24.2 Å². The summed E-state index contributed by atoms with van der Waals surface area (Å²) in [5.41, 5.74) is 0.593. The van der Waals surface area contributed by atoms with E-state index in [1.54, 1.807) is 30.4 Å². The fourth-order valence-electron chi connectivity index (χ4n) is 5.07. The largest absolute Gasteiger partial charge is 0.497 e. The Balaban J connectivity index is 1.53. The summed E-state index contributed by atoms with van der Waals surface area (Å²) in [5.74, 6) is -2.41. The van der Waals surface area contributed by atoms with Crippen LogP contribution in [0.4, 0.5) is 5.69 Å². The van der Waals surface area contributed by atoms with Crippen LogP contribution in [-0.4, -0.2) is 61.1 Å². The van der Waals surface area contributed by atoms with Crippen molar-refractivity contribution in [2.45, 2.75) is 19.0 Å². The highest BCUT2D eigenvalue weighted by atomic mass is 16.5. The van der Waals surface area contributed by atoms with Gasteiger partial charge in [-0.15, -0.1) is 0 Å². The summed E-state index contributed by atoms with van der Waals surface area (Å²) in [4.78, 5) is 53.5. The molecule has 184 valence electrons. The first-order valence-corrected chi connectivity index (χ1v) is 11.3. The molecule has 2 aromatic carbocycles. The first-order chi connectivity index (χ1) is 17.3. The predicted molar refractivity (Wildman–Crippen MR) is 128 cm³/mol. The molecule has 2 amide bonds. The molecule has 0 bridgehead atoms. The molecule has 5 rings (SSSR count). The molecule has 0 N–H and O–H groups in total. The number of amides is 2. The Labute approximate surface area is 206 Å². The van der Waals surface area contributed by atoms with Gasteiger partial charge in [-0.1, -0.05) is 6.08 Å². The number of benzene rings is 2. The topological polar surface area (TPSA) is 115 Å². The third-order valence-corrected chi connectivity index (χ3v) is 6.59. The third-order valence-electron chi connectivity index (χ3n) is 6.59. The molecule has 2 saturated heterocycles. The number of ether oxygens (including phenoxy) is 3. The van der Waals surface area contributed by atoms with E-state index >= 15 is 0 Å². The van der Waals surface area contributed by atoms with Crippen LogP contribution in [0.5, 0.6) is 17.2 Å². The van der Waals surface area contributed by atoms with Crippen LogP contribution in [0.1, 0.15) is 17.3 Å². The minimum atomic E-state index is -0.994. The second-order valence-corrected chi connectivity index (χ2v) is 8.55. The summed E-state index contributed by atoms with van der Waals surface area (Å²) >= 11 is 0. The Morgan fingerprint density at radius 2 is 1.61 bits per heavy atom. The Hall–Kier alpha value is -4.47. The Morgan fingerprint density at radius 3 is 2.28 bits per heavy atom. The molecule has 4 atom stereocenters. The second kappa shape index (κ2) is 8.95. The summed E-state index contributed by atoms with van der Waals surface area (Å²) < 4.78 is 15.7. The number of ketones is 1. The molecule has 0 spiro atoms. The molecule has 36 heavy (non-hydrogen) atoms. The molecule has 0 saturated carbocycles. The number of carbonyl (C=O) groups is 4. The molecule has 10 nitrogen and oxygen atoms in total. The van der Waals surface area contributed by atoms with Gasteiger partial charge in [0.1, 0.15) is 23.3 Å². The number of imide groups is 1. The first-order valence-electron chi connectivity index (χ1n) is 11.3. The average molecular weight is 489 g/mol. The van der Waals surface area contributed by atoms with Crippen molar-refractivity contribution in [1.82, 2.24) is 5.01 Å². The van der Waals surface area contributed by atoms with E-state index in [0.717, 1.165) is 4.90 Å². The van der Waals surface area contributed by atoms with Gasteiger partial charge in [0.15, 0.2) is 5.78 Å². The van der Waals surface area contributed by atoms with Gasteiger partial charge in [0.05, 0.1) is 37.8 Å². The highest BCUT2D eigenvalue weighted by molar-refractivity contribution is 6.25. The summed E-state index contributed by atoms with van der Waals surface area (Å²) in [6.45, 7) is 1.28. The van der Waals surface area contributed by atoms with Crippen molar-refractivity contribution < 1.29 is 33.4 Å². The predicted octanol–water partition coefficient (Wildman–Crippen LogP) is 2.23. The molecule has 3 aliphatic rings. The molecule has 2 fully saturated rings. The van der Waals surface area contributed by atoms with E-state index in [9.17, 15) is 19.2 Å². The van der Waals surface area contributed by atoms with Crippen LogP contribution in [0.3, 0.4) is 0 Å². The van der Waals surface area contributed by atoms with Crippen LogP contribution in [0.25, 0.3) is 0 Å². The maximum atomic E-state index is 13.8. The SMILES string of the molecule is COc1ccc(N2C(=O)[C@@H]3[C@H](C2=O)[C@H](C(=O)c2ccc(OC(C)=O)cc2)N2N=CC=C[C@@H]32)c(OC)c1. The zero-order chi connectivity index (χ0) is 25.6. The molecule has 2 aromatic rings. The summed E-state index contributed by atoms with van der Waals surface area (Å²) in [7, 11) is 2.95. The van der Waals surface area contributed by atoms with Gasteiger partial charge in [-0.2, -0.15) is 5.10 Å². The molecule has 0 aromatic heterocycles. The van der Waals surface area contributed by atoms with E-state index in [1.165, 1.54) is 56.6 Å². The van der Waals surface area contributed by atoms with E-state index in [-0.39, 0.29) is 11.5 Å². The number of hydrazone groups is 1. The van der Waals surface area contributed by atoms with Crippen molar-refractivity contribution in [2.75, 3.05) is 19.1 Å². The van der Waals surface area contributed by atoms with E-state index in [1.807, 2.05) is 0 Å². The number of allylic oxidation sites excluding steroid dienone is 1. The number of fused-ring (bicyclic) bond motifs is 3. The van der Waals surface area contributed by atoms with Crippen molar-refractivity contribution in [2.24, 2.45) is 16.9 Å². The lowest BCUT2D eigenvalue weighted by Crippen LogP contribution is -2.46. The Bertz CT molecular complexity index is 1320. The highest BCUT2D eigenvalue weighted by Gasteiger charge is 2.64.